The van der Waals surface area contributed by atoms with Gasteiger partial charge in [-0.25, -0.2) is 0 Å². The van der Waals surface area contributed by atoms with Crippen LogP contribution in [0.4, 0.5) is 0 Å². The molecule has 2 atom stereocenters. The first-order valence-electron chi connectivity index (χ1n) is 7.39. The molecule has 1 fully saturated rings. The molecule has 110 valence electrons. The highest BCUT2D eigenvalue weighted by Gasteiger charge is 2.38. The number of carbonyl (C=O) groups is 1. The van der Waals surface area contributed by atoms with E-state index in [2.05, 4.69) is 17.1 Å². The topological polar surface area (TPSA) is 35.6 Å². The van der Waals surface area contributed by atoms with Gasteiger partial charge in [0, 0.05) is 13.1 Å². The minimum Gasteiger partial charge on any atom is -0.324 e. The van der Waals surface area contributed by atoms with Gasteiger partial charge in [-0.05, 0) is 26.1 Å². The van der Waals surface area contributed by atoms with Gasteiger partial charge in [0.15, 0.2) is 0 Å². The zero-order valence-electron chi connectivity index (χ0n) is 12.7. The van der Waals surface area contributed by atoms with Gasteiger partial charge in [0.1, 0.15) is 6.04 Å². The molecule has 1 aliphatic heterocycles. The summed E-state index contributed by atoms with van der Waals surface area (Å²) in [5.74, 6) is 0.205. The lowest BCUT2D eigenvalue weighted by Crippen LogP contribution is -2.41. The Kier molecular flexibility index (Phi) is 5.15. The molecule has 1 heterocycles. The number of nitrogens with one attached hydrogen (secondary N) is 1. The van der Waals surface area contributed by atoms with Crippen molar-refractivity contribution in [2.24, 2.45) is 0 Å². The highest BCUT2D eigenvalue weighted by molar-refractivity contribution is 5.85. The van der Waals surface area contributed by atoms with E-state index in [1.807, 2.05) is 49.3 Å². The Hall–Kier alpha value is -1.39. The molecule has 2 rings (SSSR count). The van der Waals surface area contributed by atoms with Crippen molar-refractivity contribution in [1.29, 1.82) is 0 Å². The van der Waals surface area contributed by atoms with Crippen molar-refractivity contribution < 1.29 is 4.79 Å². The van der Waals surface area contributed by atoms with Crippen LogP contribution >= 0.6 is 0 Å². The Morgan fingerprint density at radius 1 is 1.25 bits per heavy atom. The van der Waals surface area contributed by atoms with E-state index in [-0.39, 0.29) is 18.1 Å². The number of rotatable bonds is 6. The number of benzene rings is 1. The van der Waals surface area contributed by atoms with E-state index in [0.29, 0.717) is 0 Å². The van der Waals surface area contributed by atoms with Crippen LogP contribution in [-0.2, 0) is 4.79 Å². The van der Waals surface area contributed by atoms with Gasteiger partial charge in [0.25, 0.3) is 0 Å². The molecule has 1 amide bonds. The maximum Gasteiger partial charge on any atom is 0.245 e. The monoisotopic (exact) mass is 275 g/mol. The largest absolute Gasteiger partial charge is 0.324 e. The first-order chi connectivity index (χ1) is 9.63. The zero-order chi connectivity index (χ0) is 14.5. The van der Waals surface area contributed by atoms with Gasteiger partial charge in [0.05, 0.1) is 6.17 Å². The Bertz CT molecular complexity index is 433. The van der Waals surface area contributed by atoms with E-state index in [1.54, 1.807) is 0 Å². The SMILES string of the molecule is CCCC1NC(c2ccccc2)C(=O)N1CCN(C)C. The van der Waals surface area contributed by atoms with Gasteiger partial charge in [-0.2, -0.15) is 0 Å². The second-order valence-corrected chi connectivity index (χ2v) is 5.65. The summed E-state index contributed by atoms with van der Waals surface area (Å²) < 4.78 is 0. The summed E-state index contributed by atoms with van der Waals surface area (Å²) in [5.41, 5.74) is 1.06. The second kappa shape index (κ2) is 6.86. The van der Waals surface area contributed by atoms with E-state index in [9.17, 15) is 4.79 Å². The van der Waals surface area contributed by atoms with E-state index in [1.165, 1.54) is 0 Å². The van der Waals surface area contributed by atoms with Crippen molar-refractivity contribution in [2.75, 3.05) is 27.2 Å². The standard InChI is InChI=1S/C16H25N3O/c1-4-8-14-17-15(13-9-6-5-7-10-13)16(20)19(14)12-11-18(2)3/h5-7,9-10,14-15,17H,4,8,11-12H2,1-3H3. The minimum atomic E-state index is -0.185. The van der Waals surface area contributed by atoms with E-state index in [4.69, 9.17) is 0 Å². The molecular formula is C16H25N3O. The fraction of sp³-hybridized carbons (Fsp3) is 0.562. The average molecular weight is 275 g/mol. The minimum absolute atomic E-state index is 0.164. The normalized spacial score (nSPS) is 22.8. The second-order valence-electron chi connectivity index (χ2n) is 5.65. The van der Waals surface area contributed by atoms with Crippen LogP contribution in [0.25, 0.3) is 0 Å². The highest BCUT2D eigenvalue weighted by atomic mass is 16.2. The number of nitrogens with zero attached hydrogens (tertiary/aromatic N) is 2. The fourth-order valence-electron chi connectivity index (χ4n) is 2.64. The summed E-state index contributed by atoms with van der Waals surface area (Å²) in [6.07, 6.45) is 2.24. The van der Waals surface area contributed by atoms with Crippen LogP contribution in [-0.4, -0.2) is 49.1 Å². The lowest BCUT2D eigenvalue weighted by molar-refractivity contribution is -0.130. The zero-order valence-corrected chi connectivity index (χ0v) is 12.7. The summed E-state index contributed by atoms with van der Waals surface area (Å²) >= 11 is 0. The molecule has 1 aromatic rings. The molecule has 1 aromatic carbocycles. The Balaban J connectivity index is 2.12. The van der Waals surface area contributed by atoms with Crippen molar-refractivity contribution in [3.63, 3.8) is 0 Å². The van der Waals surface area contributed by atoms with Crippen LogP contribution in [0.15, 0.2) is 30.3 Å². The lowest BCUT2D eigenvalue weighted by atomic mass is 10.1. The van der Waals surface area contributed by atoms with Crippen LogP contribution in [0.5, 0.6) is 0 Å². The maximum absolute atomic E-state index is 12.6. The molecule has 4 nitrogen and oxygen atoms in total. The third-order valence-corrected chi connectivity index (χ3v) is 3.75. The van der Waals surface area contributed by atoms with Crippen LogP contribution in [0.1, 0.15) is 31.4 Å². The third kappa shape index (κ3) is 3.38. The predicted molar refractivity (Wildman–Crippen MR) is 81.3 cm³/mol. The summed E-state index contributed by atoms with van der Waals surface area (Å²) in [5, 5.41) is 3.49. The van der Waals surface area contributed by atoms with Gasteiger partial charge in [-0.15, -0.1) is 0 Å². The molecule has 1 saturated heterocycles. The molecule has 0 aliphatic carbocycles. The Labute approximate surface area is 121 Å². The van der Waals surface area contributed by atoms with Crippen LogP contribution in [0.3, 0.4) is 0 Å². The molecule has 20 heavy (non-hydrogen) atoms. The number of amides is 1. The number of hydrogen-bond donors (Lipinski definition) is 1. The van der Waals surface area contributed by atoms with Crippen LogP contribution in [0.2, 0.25) is 0 Å². The van der Waals surface area contributed by atoms with E-state index >= 15 is 0 Å². The highest BCUT2D eigenvalue weighted by Crippen LogP contribution is 2.25. The van der Waals surface area contributed by atoms with Gasteiger partial charge in [-0.3, -0.25) is 10.1 Å². The number of likely N-dealkylation sites (N-methyl/N-ethyl adjacent to an activating group) is 1. The quantitative estimate of drug-likeness (QED) is 0.860. The molecule has 2 unspecified atom stereocenters. The molecule has 0 spiro atoms. The molecular weight excluding hydrogens is 250 g/mol. The molecule has 1 N–H and O–H groups in total. The molecule has 4 heteroatoms. The van der Waals surface area contributed by atoms with Crippen molar-refractivity contribution >= 4 is 5.91 Å². The van der Waals surface area contributed by atoms with Crippen molar-refractivity contribution in [1.82, 2.24) is 15.1 Å². The average Bonchev–Trinajstić information content (AvgIpc) is 2.74. The van der Waals surface area contributed by atoms with E-state index in [0.717, 1.165) is 31.5 Å². The first kappa shape index (κ1) is 15.0. The lowest BCUT2D eigenvalue weighted by Gasteiger charge is -2.25. The molecule has 0 aromatic heterocycles. The van der Waals surface area contributed by atoms with Gasteiger partial charge < -0.3 is 9.80 Å². The van der Waals surface area contributed by atoms with Crippen molar-refractivity contribution in [2.45, 2.75) is 32.0 Å². The predicted octanol–water partition coefficient (Wildman–Crippen LogP) is 1.85. The third-order valence-electron chi connectivity index (χ3n) is 3.75. The van der Waals surface area contributed by atoms with Gasteiger partial charge in [0.2, 0.25) is 5.91 Å². The summed E-state index contributed by atoms with van der Waals surface area (Å²) in [7, 11) is 4.08. The van der Waals surface area contributed by atoms with Gasteiger partial charge >= 0.3 is 0 Å². The van der Waals surface area contributed by atoms with Crippen LogP contribution in [0, 0.1) is 0 Å². The first-order valence-corrected chi connectivity index (χ1v) is 7.39. The van der Waals surface area contributed by atoms with Crippen molar-refractivity contribution in [3.05, 3.63) is 35.9 Å². The molecule has 1 aliphatic rings. The fourth-order valence-corrected chi connectivity index (χ4v) is 2.64. The summed E-state index contributed by atoms with van der Waals surface area (Å²) in [4.78, 5) is 16.8. The number of carbonyl (C=O) groups excluding carboxylic acids is 1. The molecule has 0 radical (unpaired) electrons. The van der Waals surface area contributed by atoms with Crippen LogP contribution < -0.4 is 5.32 Å². The smallest absolute Gasteiger partial charge is 0.245 e. The Morgan fingerprint density at radius 3 is 2.55 bits per heavy atom. The Morgan fingerprint density at radius 2 is 1.95 bits per heavy atom. The summed E-state index contributed by atoms with van der Waals surface area (Å²) in [6, 6.07) is 9.82. The summed E-state index contributed by atoms with van der Waals surface area (Å²) in [6.45, 7) is 3.84. The van der Waals surface area contributed by atoms with Crippen molar-refractivity contribution in [3.8, 4) is 0 Å². The maximum atomic E-state index is 12.6. The van der Waals surface area contributed by atoms with Gasteiger partial charge in [-0.1, -0.05) is 43.7 Å². The number of hydrogen-bond acceptors (Lipinski definition) is 3. The molecule has 0 saturated carbocycles. The van der Waals surface area contributed by atoms with E-state index < -0.39 is 0 Å². The molecule has 0 bridgehead atoms.